The van der Waals surface area contributed by atoms with E-state index in [1.807, 2.05) is 11.8 Å². The molecule has 38 heavy (non-hydrogen) atoms. The highest BCUT2D eigenvalue weighted by atomic mass is 32.1. The van der Waals surface area contributed by atoms with Crippen LogP contribution in [0.1, 0.15) is 79.7 Å². The van der Waals surface area contributed by atoms with Crippen LogP contribution < -0.4 is 5.32 Å². The molecule has 2 amide bonds. The molecule has 3 N–H and O–H groups in total. The molecule has 5 unspecified atom stereocenters. The largest absolute Gasteiger partial charge is 0.396 e. The number of thiazole rings is 1. The molecule has 7 nitrogen and oxygen atoms in total. The summed E-state index contributed by atoms with van der Waals surface area (Å²) < 4.78 is 13.7. The zero-order chi connectivity index (χ0) is 27.2. The number of anilines is 1. The van der Waals surface area contributed by atoms with Crippen LogP contribution in [0.4, 0.5) is 9.52 Å². The molecule has 1 saturated carbocycles. The van der Waals surface area contributed by atoms with Gasteiger partial charge < -0.3 is 15.1 Å². The number of likely N-dealkylation sites (tertiary alicyclic amines) is 1. The summed E-state index contributed by atoms with van der Waals surface area (Å²) in [6.45, 7) is 7.73. The monoisotopic (exact) mass is 543 g/mol. The van der Waals surface area contributed by atoms with Gasteiger partial charge in [0.1, 0.15) is 5.82 Å². The highest BCUT2D eigenvalue weighted by Gasteiger charge is 2.59. The number of fused-ring (bicyclic) bond motifs is 2. The van der Waals surface area contributed by atoms with Gasteiger partial charge in [0.25, 0.3) is 5.91 Å². The maximum absolute atomic E-state index is 13.7. The number of nitrogens with zero attached hydrogens (tertiary/aromatic N) is 2. The van der Waals surface area contributed by atoms with E-state index in [4.69, 9.17) is 4.98 Å². The Bertz CT molecular complexity index is 1210. The molecule has 2 aliphatic carbocycles. The van der Waals surface area contributed by atoms with E-state index in [2.05, 4.69) is 19.2 Å². The van der Waals surface area contributed by atoms with E-state index < -0.39 is 23.2 Å². The fraction of sp³-hybridized carbons (Fsp3) is 0.621. The van der Waals surface area contributed by atoms with Gasteiger partial charge in [-0.3, -0.25) is 14.9 Å². The molecular formula is C29H38FN3O4S. The van der Waals surface area contributed by atoms with Crippen molar-refractivity contribution in [2.75, 3.05) is 25.0 Å². The summed E-state index contributed by atoms with van der Waals surface area (Å²) >= 11 is 1.37. The molecule has 2 heterocycles. The number of hydrogen-bond donors (Lipinski definition) is 3. The molecule has 0 spiro atoms. The lowest BCUT2D eigenvalue weighted by molar-refractivity contribution is -0.147. The lowest BCUT2D eigenvalue weighted by Gasteiger charge is -2.58. The Morgan fingerprint density at radius 2 is 1.97 bits per heavy atom. The fourth-order valence-electron chi connectivity index (χ4n) is 7.06. The average molecular weight is 544 g/mol. The lowest BCUT2D eigenvalue weighted by Crippen LogP contribution is -2.57. The molecule has 5 atom stereocenters. The van der Waals surface area contributed by atoms with Crippen molar-refractivity contribution in [2.45, 2.75) is 71.3 Å². The van der Waals surface area contributed by atoms with E-state index in [0.717, 1.165) is 42.9 Å². The second-order valence-electron chi connectivity index (χ2n) is 12.1. The van der Waals surface area contributed by atoms with Gasteiger partial charge in [-0.1, -0.05) is 26.8 Å². The first-order valence-corrected chi connectivity index (χ1v) is 14.5. The van der Waals surface area contributed by atoms with Crippen LogP contribution in [0.15, 0.2) is 24.3 Å². The maximum Gasteiger partial charge on any atom is 0.257 e. The second kappa shape index (κ2) is 10.3. The van der Waals surface area contributed by atoms with E-state index in [1.165, 1.54) is 29.5 Å². The van der Waals surface area contributed by atoms with Crippen LogP contribution in [0, 0.1) is 28.5 Å². The maximum atomic E-state index is 13.7. The number of halogens is 1. The topological polar surface area (TPSA) is 103 Å². The summed E-state index contributed by atoms with van der Waals surface area (Å²) in [5, 5.41) is 24.7. The van der Waals surface area contributed by atoms with Gasteiger partial charge in [0.2, 0.25) is 5.91 Å². The third kappa shape index (κ3) is 4.77. The van der Waals surface area contributed by atoms with Crippen LogP contribution in [-0.4, -0.2) is 57.7 Å². The van der Waals surface area contributed by atoms with Crippen molar-refractivity contribution in [2.24, 2.45) is 22.7 Å². The summed E-state index contributed by atoms with van der Waals surface area (Å²) in [7, 11) is 0. The van der Waals surface area contributed by atoms with Gasteiger partial charge in [-0.05, 0) is 67.6 Å². The molecule has 1 aromatic heterocycles. The first kappa shape index (κ1) is 27.2. The number of amides is 2. The summed E-state index contributed by atoms with van der Waals surface area (Å²) in [5.74, 6) is -0.439. The van der Waals surface area contributed by atoms with Crippen molar-refractivity contribution in [1.29, 1.82) is 0 Å². The molecule has 0 bridgehead atoms. The minimum absolute atomic E-state index is 0.0531. The van der Waals surface area contributed by atoms with Gasteiger partial charge in [-0.25, -0.2) is 9.37 Å². The van der Waals surface area contributed by atoms with Crippen LogP contribution in [-0.2, 0) is 11.2 Å². The molecule has 2 fully saturated rings. The Morgan fingerprint density at radius 3 is 2.66 bits per heavy atom. The Morgan fingerprint density at radius 1 is 1.24 bits per heavy atom. The summed E-state index contributed by atoms with van der Waals surface area (Å²) in [5.41, 5.74) is -0.0125. The van der Waals surface area contributed by atoms with Crippen LogP contribution in [0.2, 0.25) is 0 Å². The average Bonchev–Trinajstić information content (AvgIpc) is 3.30. The molecule has 5 rings (SSSR count). The van der Waals surface area contributed by atoms with Gasteiger partial charge in [0, 0.05) is 41.3 Å². The number of carbonyl (C=O) groups excluding carboxylic acids is 2. The van der Waals surface area contributed by atoms with E-state index in [1.54, 1.807) is 6.07 Å². The van der Waals surface area contributed by atoms with E-state index in [9.17, 15) is 24.2 Å². The number of hydrogen-bond acceptors (Lipinski definition) is 6. The molecule has 2 aromatic rings. The van der Waals surface area contributed by atoms with Crippen molar-refractivity contribution in [3.8, 4) is 0 Å². The van der Waals surface area contributed by atoms with Crippen molar-refractivity contribution in [3.63, 3.8) is 0 Å². The molecule has 0 radical (unpaired) electrons. The minimum atomic E-state index is -0.707. The summed E-state index contributed by atoms with van der Waals surface area (Å²) in [6, 6.07) is 5.52. The number of piperidine rings is 1. The van der Waals surface area contributed by atoms with Crippen molar-refractivity contribution in [1.82, 2.24) is 9.88 Å². The smallest absolute Gasteiger partial charge is 0.257 e. The molecule has 206 valence electrons. The van der Waals surface area contributed by atoms with E-state index >= 15 is 0 Å². The predicted molar refractivity (Wildman–Crippen MR) is 145 cm³/mol. The molecule has 1 aliphatic heterocycles. The van der Waals surface area contributed by atoms with E-state index in [-0.39, 0.29) is 35.3 Å². The third-order valence-corrected chi connectivity index (χ3v) is 10.7. The van der Waals surface area contributed by atoms with Crippen molar-refractivity contribution >= 4 is 28.3 Å². The highest BCUT2D eigenvalue weighted by molar-refractivity contribution is 7.15. The molecule has 1 aromatic carbocycles. The van der Waals surface area contributed by atoms with Crippen molar-refractivity contribution < 1.29 is 24.2 Å². The molecular weight excluding hydrogens is 505 g/mol. The minimum Gasteiger partial charge on any atom is -0.396 e. The molecule has 1 saturated heterocycles. The fourth-order valence-corrected chi connectivity index (χ4v) is 8.12. The normalized spacial score (nSPS) is 31.4. The number of aliphatic hydroxyl groups is 2. The number of carbonyl (C=O) groups is 2. The number of rotatable bonds is 5. The number of benzene rings is 1. The highest BCUT2D eigenvalue weighted by Crippen LogP contribution is 2.63. The quantitative estimate of drug-likeness (QED) is 0.512. The third-order valence-electron chi connectivity index (χ3n) is 9.72. The van der Waals surface area contributed by atoms with Gasteiger partial charge in [0.15, 0.2) is 5.13 Å². The number of aromatic nitrogens is 1. The molecule has 9 heteroatoms. The van der Waals surface area contributed by atoms with Gasteiger partial charge in [-0.2, -0.15) is 0 Å². The first-order chi connectivity index (χ1) is 18.0. The predicted octanol–water partition coefficient (Wildman–Crippen LogP) is 4.60. The zero-order valence-corrected chi connectivity index (χ0v) is 23.2. The van der Waals surface area contributed by atoms with Gasteiger partial charge in [0.05, 0.1) is 18.4 Å². The Labute approximate surface area is 227 Å². The first-order valence-electron chi connectivity index (χ1n) is 13.7. The second-order valence-corrected chi connectivity index (χ2v) is 13.2. The number of nitrogens with one attached hydrogen (secondary N) is 1. The standard InChI is InChI=1S/C29H38FN3O4S/c1-17-8-11-33(12-9-17)24(36)14-20-25-21(15-22-28(20,2)10-7-23(35)29(22,3)16-34)38-27(31-25)32-26(37)18-5-4-6-19(30)13-18/h4-6,13,17,20,22-23,34-35H,7-12,14-16H2,1-3H3,(H,31,32,37). The van der Waals surface area contributed by atoms with E-state index in [0.29, 0.717) is 30.3 Å². The Kier molecular flexibility index (Phi) is 7.39. The Hall–Kier alpha value is -2.36. The van der Waals surface area contributed by atoms with Crippen LogP contribution in [0.25, 0.3) is 0 Å². The Balaban J connectivity index is 1.48. The molecule has 3 aliphatic rings. The van der Waals surface area contributed by atoms with Crippen LogP contribution in [0.3, 0.4) is 0 Å². The van der Waals surface area contributed by atoms with Crippen LogP contribution in [0.5, 0.6) is 0 Å². The summed E-state index contributed by atoms with van der Waals surface area (Å²) in [4.78, 5) is 34.2. The zero-order valence-electron chi connectivity index (χ0n) is 22.4. The van der Waals surface area contributed by atoms with Gasteiger partial charge in [-0.15, -0.1) is 11.3 Å². The number of aliphatic hydroxyl groups excluding tert-OH is 2. The SMILES string of the molecule is CC1CCN(C(=O)CC2c3nc(NC(=O)c4cccc(F)c4)sc3CC3C(C)(CO)C(O)CCC23C)CC1. The lowest BCUT2D eigenvalue weighted by atomic mass is 9.47. The summed E-state index contributed by atoms with van der Waals surface area (Å²) in [6.07, 6.45) is 3.58. The van der Waals surface area contributed by atoms with Gasteiger partial charge >= 0.3 is 0 Å². The van der Waals surface area contributed by atoms with Crippen molar-refractivity contribution in [3.05, 3.63) is 46.2 Å². The van der Waals surface area contributed by atoms with Crippen LogP contribution >= 0.6 is 11.3 Å².